The number of nitrogens with zero attached hydrogens (tertiary/aromatic N) is 3. The van der Waals surface area contributed by atoms with Gasteiger partial charge >= 0.3 is 0 Å². The molecule has 1 aliphatic heterocycles. The SMILES string of the molecule is C=CN1CCCCN(C)c2ccc(-c3cccc(C(C)(C)F)c3)nc21. The minimum atomic E-state index is -1.37. The number of benzene rings is 1. The summed E-state index contributed by atoms with van der Waals surface area (Å²) in [6.45, 7) is 9.04. The number of anilines is 2. The molecule has 132 valence electrons. The van der Waals surface area contributed by atoms with Crippen LogP contribution in [0.3, 0.4) is 0 Å². The zero-order chi connectivity index (χ0) is 18.0. The lowest BCUT2D eigenvalue weighted by molar-refractivity contribution is 0.221. The molecule has 0 N–H and O–H groups in total. The number of pyridine rings is 1. The molecule has 0 spiro atoms. The Kier molecular flexibility index (Phi) is 4.80. The maximum Gasteiger partial charge on any atom is 0.156 e. The lowest BCUT2D eigenvalue weighted by atomic mass is 9.97. The van der Waals surface area contributed by atoms with E-state index in [0.29, 0.717) is 5.56 Å². The number of halogens is 1. The monoisotopic (exact) mass is 339 g/mol. The molecule has 0 aliphatic carbocycles. The van der Waals surface area contributed by atoms with Crippen LogP contribution in [0.25, 0.3) is 11.3 Å². The molecule has 0 atom stereocenters. The summed E-state index contributed by atoms with van der Waals surface area (Å²) in [6, 6.07) is 11.7. The third-order valence-electron chi connectivity index (χ3n) is 4.75. The number of aromatic nitrogens is 1. The first-order valence-corrected chi connectivity index (χ1v) is 8.81. The predicted octanol–water partition coefficient (Wildman–Crippen LogP) is 5.13. The molecule has 1 aliphatic rings. The Morgan fingerprint density at radius 1 is 1.16 bits per heavy atom. The highest BCUT2D eigenvalue weighted by atomic mass is 19.1. The van der Waals surface area contributed by atoms with Crippen LogP contribution in [0, 0.1) is 0 Å². The first-order chi connectivity index (χ1) is 11.9. The minimum Gasteiger partial charge on any atom is -0.372 e. The van der Waals surface area contributed by atoms with Gasteiger partial charge in [-0.15, -0.1) is 0 Å². The van der Waals surface area contributed by atoms with Crippen LogP contribution in [0.2, 0.25) is 0 Å². The molecule has 25 heavy (non-hydrogen) atoms. The highest BCUT2D eigenvalue weighted by Crippen LogP contribution is 2.34. The summed E-state index contributed by atoms with van der Waals surface area (Å²) < 4.78 is 14.3. The summed E-state index contributed by atoms with van der Waals surface area (Å²) in [7, 11) is 2.10. The largest absolute Gasteiger partial charge is 0.372 e. The van der Waals surface area contributed by atoms with Crippen molar-refractivity contribution in [3.8, 4) is 11.3 Å². The van der Waals surface area contributed by atoms with E-state index in [-0.39, 0.29) is 0 Å². The Morgan fingerprint density at radius 2 is 1.92 bits per heavy atom. The molecule has 3 rings (SSSR count). The molecule has 4 heteroatoms. The van der Waals surface area contributed by atoms with E-state index in [2.05, 4.69) is 29.5 Å². The second-order valence-corrected chi connectivity index (χ2v) is 7.10. The second-order valence-electron chi connectivity index (χ2n) is 7.10. The van der Waals surface area contributed by atoms with E-state index >= 15 is 0 Å². The fraction of sp³-hybridized carbons (Fsp3) is 0.381. The molecule has 0 fully saturated rings. The van der Waals surface area contributed by atoms with Crippen molar-refractivity contribution in [2.75, 3.05) is 29.9 Å². The van der Waals surface area contributed by atoms with Gasteiger partial charge in [0.1, 0.15) is 5.67 Å². The Hall–Kier alpha value is -2.36. The molecule has 1 aromatic heterocycles. The molecule has 0 radical (unpaired) electrons. The number of hydrogen-bond donors (Lipinski definition) is 0. The minimum absolute atomic E-state index is 0.663. The third-order valence-corrected chi connectivity index (χ3v) is 4.75. The average Bonchev–Trinajstić information content (AvgIpc) is 2.59. The van der Waals surface area contributed by atoms with Crippen molar-refractivity contribution in [1.29, 1.82) is 0 Å². The van der Waals surface area contributed by atoms with Crippen LogP contribution in [0.4, 0.5) is 15.9 Å². The first-order valence-electron chi connectivity index (χ1n) is 8.81. The van der Waals surface area contributed by atoms with E-state index in [1.165, 1.54) is 0 Å². The van der Waals surface area contributed by atoms with E-state index in [4.69, 9.17) is 4.98 Å². The highest BCUT2D eigenvalue weighted by Gasteiger charge is 2.21. The van der Waals surface area contributed by atoms with Crippen molar-refractivity contribution in [3.05, 3.63) is 54.7 Å². The second kappa shape index (κ2) is 6.87. The maximum atomic E-state index is 14.3. The average molecular weight is 339 g/mol. The molecule has 1 aromatic carbocycles. The van der Waals surface area contributed by atoms with Crippen LogP contribution < -0.4 is 9.80 Å². The van der Waals surface area contributed by atoms with Gasteiger partial charge in [-0.05, 0) is 56.7 Å². The number of hydrogen-bond acceptors (Lipinski definition) is 3. The van der Waals surface area contributed by atoms with Gasteiger partial charge in [0.05, 0.1) is 11.4 Å². The Bertz CT molecular complexity index is 764. The quantitative estimate of drug-likeness (QED) is 0.772. The third kappa shape index (κ3) is 3.68. The summed E-state index contributed by atoms with van der Waals surface area (Å²) >= 11 is 0. The van der Waals surface area contributed by atoms with Crippen molar-refractivity contribution in [1.82, 2.24) is 4.98 Å². The van der Waals surface area contributed by atoms with Gasteiger partial charge in [-0.3, -0.25) is 0 Å². The van der Waals surface area contributed by atoms with Crippen LogP contribution in [0.5, 0.6) is 0 Å². The van der Waals surface area contributed by atoms with Gasteiger partial charge in [0.15, 0.2) is 5.82 Å². The molecule has 0 unspecified atom stereocenters. The van der Waals surface area contributed by atoms with Crippen LogP contribution in [-0.2, 0) is 5.67 Å². The van der Waals surface area contributed by atoms with Gasteiger partial charge < -0.3 is 9.80 Å². The lowest BCUT2D eigenvalue weighted by Crippen LogP contribution is -2.28. The molecule has 0 saturated heterocycles. The van der Waals surface area contributed by atoms with Crippen LogP contribution in [0.1, 0.15) is 32.3 Å². The van der Waals surface area contributed by atoms with E-state index < -0.39 is 5.67 Å². The molecule has 0 saturated carbocycles. The number of rotatable bonds is 3. The fourth-order valence-electron chi connectivity index (χ4n) is 3.19. The van der Waals surface area contributed by atoms with E-state index in [9.17, 15) is 4.39 Å². The number of fused-ring (bicyclic) bond motifs is 1. The van der Waals surface area contributed by atoms with Gasteiger partial charge in [0, 0.05) is 25.7 Å². The summed E-state index contributed by atoms with van der Waals surface area (Å²) in [5.41, 5.74) is 2.18. The topological polar surface area (TPSA) is 19.4 Å². The van der Waals surface area contributed by atoms with Gasteiger partial charge in [-0.2, -0.15) is 0 Å². The van der Waals surface area contributed by atoms with E-state index in [1.807, 2.05) is 36.5 Å². The highest BCUT2D eigenvalue weighted by molar-refractivity contribution is 5.73. The summed E-state index contributed by atoms with van der Waals surface area (Å²) in [6.07, 6.45) is 4.10. The summed E-state index contributed by atoms with van der Waals surface area (Å²) in [5, 5.41) is 0. The molecule has 2 aromatic rings. The molecule has 0 bridgehead atoms. The van der Waals surface area contributed by atoms with Crippen LogP contribution in [-0.4, -0.2) is 25.1 Å². The zero-order valence-corrected chi connectivity index (χ0v) is 15.3. The normalized spacial score (nSPS) is 15.4. The Labute approximate surface area is 149 Å². The van der Waals surface area contributed by atoms with Crippen molar-refractivity contribution < 1.29 is 4.39 Å². The van der Waals surface area contributed by atoms with Crippen molar-refractivity contribution >= 4 is 11.5 Å². The predicted molar refractivity (Wildman–Crippen MR) is 104 cm³/mol. The van der Waals surface area contributed by atoms with Crippen molar-refractivity contribution in [3.63, 3.8) is 0 Å². The Balaban J connectivity index is 2.07. The van der Waals surface area contributed by atoms with Crippen molar-refractivity contribution in [2.24, 2.45) is 0 Å². The maximum absolute atomic E-state index is 14.3. The fourth-order valence-corrected chi connectivity index (χ4v) is 3.19. The van der Waals surface area contributed by atoms with Gasteiger partial charge in [-0.1, -0.05) is 24.8 Å². The summed E-state index contributed by atoms with van der Waals surface area (Å²) in [5.74, 6) is 0.916. The van der Waals surface area contributed by atoms with E-state index in [1.54, 1.807) is 13.8 Å². The summed E-state index contributed by atoms with van der Waals surface area (Å²) in [4.78, 5) is 9.25. The smallest absolute Gasteiger partial charge is 0.156 e. The van der Waals surface area contributed by atoms with Gasteiger partial charge in [0.25, 0.3) is 0 Å². The molecule has 0 amide bonds. The van der Waals surface area contributed by atoms with Crippen LogP contribution in [0.15, 0.2) is 49.2 Å². The van der Waals surface area contributed by atoms with Crippen LogP contribution >= 0.6 is 0 Å². The molecule has 2 heterocycles. The Morgan fingerprint density at radius 3 is 2.64 bits per heavy atom. The van der Waals surface area contributed by atoms with Gasteiger partial charge in [0.2, 0.25) is 0 Å². The van der Waals surface area contributed by atoms with E-state index in [0.717, 1.165) is 48.7 Å². The molecular formula is C21H26FN3. The number of alkyl halides is 1. The zero-order valence-electron chi connectivity index (χ0n) is 15.3. The van der Waals surface area contributed by atoms with Gasteiger partial charge in [-0.25, -0.2) is 9.37 Å². The molecular weight excluding hydrogens is 313 g/mol. The standard InChI is InChI=1S/C21H26FN3/c1-5-25-14-7-6-13-24(4)19-12-11-18(23-20(19)25)16-9-8-10-17(15-16)21(2,3)22/h5,8-12,15H,1,6-7,13-14H2,2-4H3. The first kappa shape index (κ1) is 17.5. The van der Waals surface area contributed by atoms with Crippen molar-refractivity contribution in [2.45, 2.75) is 32.4 Å². The lowest BCUT2D eigenvalue weighted by Gasteiger charge is -2.30. The molecule has 3 nitrogen and oxygen atoms in total.